The number of halogens is 6. The minimum absolute atomic E-state index is 0.193. The number of allylic oxidation sites excluding steroid dienone is 4. The summed E-state index contributed by atoms with van der Waals surface area (Å²) < 4.78 is 77.0. The summed E-state index contributed by atoms with van der Waals surface area (Å²) in [6.07, 6.45) is -8.86. The van der Waals surface area contributed by atoms with Crippen LogP contribution in [0.4, 0.5) is 26.3 Å². The number of benzene rings is 1. The van der Waals surface area contributed by atoms with Crippen LogP contribution in [0.15, 0.2) is 59.9 Å². The highest BCUT2D eigenvalue weighted by Gasteiger charge is 2.33. The van der Waals surface area contributed by atoms with Crippen LogP contribution in [-0.4, -0.2) is 36.8 Å². The van der Waals surface area contributed by atoms with Gasteiger partial charge in [0.05, 0.1) is 19.5 Å². The number of hydrogen-bond donors (Lipinski definition) is 4. The van der Waals surface area contributed by atoms with E-state index >= 15 is 0 Å². The van der Waals surface area contributed by atoms with E-state index in [1.54, 1.807) is 12.1 Å². The van der Waals surface area contributed by atoms with Crippen LogP contribution >= 0.6 is 0 Å². The van der Waals surface area contributed by atoms with Crippen molar-refractivity contribution >= 4 is 24.7 Å². The summed E-state index contributed by atoms with van der Waals surface area (Å²) >= 11 is 0. The van der Waals surface area contributed by atoms with E-state index in [4.69, 9.17) is 22.3 Å². The van der Waals surface area contributed by atoms with Crippen LogP contribution in [0.1, 0.15) is 11.4 Å². The summed E-state index contributed by atoms with van der Waals surface area (Å²) in [6, 6.07) is 10.1. The van der Waals surface area contributed by atoms with Gasteiger partial charge in [-0.05, 0) is 29.3 Å². The minimum Gasteiger partial charge on any atom is -0.395 e. The lowest BCUT2D eigenvalue weighted by Gasteiger charge is -2.18. The molecule has 0 spiro atoms. The molecule has 5 nitrogen and oxygen atoms in total. The third kappa shape index (κ3) is 6.79. The smallest absolute Gasteiger partial charge is 0.395 e. The number of nitrogens with two attached hydrogens (primary N) is 3. The second-order valence-electron chi connectivity index (χ2n) is 8.52. The molecular formula is C22H24F6N5Si+. The molecule has 2 rings (SSSR count). The average Bonchev–Trinajstić information content (AvgIpc) is 2.71. The van der Waals surface area contributed by atoms with Gasteiger partial charge in [-0.3, -0.25) is 10.8 Å². The molecule has 0 atom stereocenters. The molecular weight excluding hydrogens is 476 g/mol. The van der Waals surface area contributed by atoms with Crippen molar-refractivity contribution in [2.24, 2.45) is 11.5 Å². The Morgan fingerprint density at radius 3 is 1.94 bits per heavy atom. The average molecular weight is 501 g/mol. The summed E-state index contributed by atoms with van der Waals surface area (Å²) in [4.78, 5) is 3.99. The van der Waals surface area contributed by atoms with Gasteiger partial charge in [-0.1, -0.05) is 49.1 Å². The Balaban J connectivity index is 2.70. The van der Waals surface area contributed by atoms with Crippen molar-refractivity contribution in [2.45, 2.75) is 32.0 Å². The third-order valence-electron chi connectivity index (χ3n) is 4.72. The molecule has 1 aromatic heterocycles. The van der Waals surface area contributed by atoms with Gasteiger partial charge in [0.2, 0.25) is 5.71 Å². The Bertz CT molecular complexity index is 1110. The fourth-order valence-electron chi connectivity index (χ4n) is 2.78. The van der Waals surface area contributed by atoms with E-state index in [2.05, 4.69) is 24.6 Å². The van der Waals surface area contributed by atoms with E-state index in [0.29, 0.717) is 23.3 Å². The molecule has 0 bridgehead atoms. The minimum atomic E-state index is -4.87. The zero-order chi connectivity index (χ0) is 26.1. The van der Waals surface area contributed by atoms with Crippen molar-refractivity contribution in [1.82, 2.24) is 4.98 Å². The second-order valence-corrected chi connectivity index (χ2v) is 13.6. The SMILES string of the molecule is C[Si](C)(C)c1cccc(-c2cc(C(=N)/C=C(\N)C(F)(F)F)nc(C(=[NH2+])/C=C(\N)C(F)(F)F)c2)c1. The highest BCUT2D eigenvalue weighted by Crippen LogP contribution is 2.25. The highest BCUT2D eigenvalue weighted by molar-refractivity contribution is 6.88. The van der Waals surface area contributed by atoms with E-state index in [-0.39, 0.29) is 11.4 Å². The number of rotatable bonds is 6. The highest BCUT2D eigenvalue weighted by atomic mass is 28.3. The van der Waals surface area contributed by atoms with E-state index in [1.807, 2.05) is 12.1 Å². The van der Waals surface area contributed by atoms with Crippen LogP contribution in [0.2, 0.25) is 19.6 Å². The number of nitrogens with one attached hydrogen (secondary N) is 1. The monoisotopic (exact) mass is 500 g/mol. The molecule has 0 aliphatic rings. The summed E-state index contributed by atoms with van der Waals surface area (Å²) in [5.74, 6) is 0. The molecule has 0 amide bonds. The van der Waals surface area contributed by atoms with Crippen LogP contribution < -0.4 is 22.1 Å². The van der Waals surface area contributed by atoms with Crippen LogP contribution in [0.5, 0.6) is 0 Å². The molecule has 0 aliphatic carbocycles. The molecule has 0 saturated heterocycles. The van der Waals surface area contributed by atoms with Gasteiger partial charge in [-0.25, -0.2) is 4.98 Å². The van der Waals surface area contributed by atoms with E-state index in [9.17, 15) is 26.3 Å². The van der Waals surface area contributed by atoms with Crippen LogP contribution in [0.25, 0.3) is 11.1 Å². The molecule has 1 heterocycles. The molecule has 0 radical (unpaired) electrons. The lowest BCUT2D eigenvalue weighted by Crippen LogP contribution is -2.41. The van der Waals surface area contributed by atoms with Crippen molar-refractivity contribution in [3.8, 4) is 11.1 Å². The Kier molecular flexibility index (Phi) is 7.46. The van der Waals surface area contributed by atoms with Crippen LogP contribution in [0, 0.1) is 5.41 Å². The first kappa shape index (κ1) is 26.8. The molecule has 12 heteroatoms. The molecule has 0 saturated carbocycles. The fraction of sp³-hybridized carbons (Fsp3) is 0.227. The Morgan fingerprint density at radius 2 is 1.41 bits per heavy atom. The summed E-state index contributed by atoms with van der Waals surface area (Å²) in [5.41, 5.74) is 6.45. The molecule has 0 fully saturated rings. The summed E-state index contributed by atoms with van der Waals surface area (Å²) in [6.45, 7) is 6.35. The van der Waals surface area contributed by atoms with Gasteiger partial charge >= 0.3 is 12.4 Å². The maximum atomic E-state index is 12.8. The third-order valence-corrected chi connectivity index (χ3v) is 6.77. The fourth-order valence-corrected chi connectivity index (χ4v) is 3.97. The second kappa shape index (κ2) is 9.45. The Hall–Kier alpha value is -3.41. The number of alkyl halides is 6. The number of aromatic nitrogens is 1. The van der Waals surface area contributed by atoms with Gasteiger partial charge in [0.15, 0.2) is 0 Å². The standard InChI is InChI=1S/C22H23F6N5Si/c1-34(2,3)14-6-4-5-12(7-14)13-8-17(15(29)10-19(31)21(23,24)25)33-18(9-13)16(30)11-20(32)22(26,27)28/h4-11,29-30H,31-32H2,1-3H3/p+1/b19-10-,20-11-,29-15?,30-16?. The van der Waals surface area contributed by atoms with Crippen molar-refractivity contribution in [3.63, 3.8) is 0 Å². The van der Waals surface area contributed by atoms with Crippen molar-refractivity contribution < 1.29 is 31.8 Å². The lowest BCUT2D eigenvalue weighted by atomic mass is 10.0. The molecule has 182 valence electrons. The molecule has 0 aliphatic heterocycles. The number of pyridine rings is 1. The first-order valence-corrected chi connectivity index (χ1v) is 13.3. The summed E-state index contributed by atoms with van der Waals surface area (Å²) in [5, 5.41) is 14.9. The van der Waals surface area contributed by atoms with E-state index in [1.165, 1.54) is 12.1 Å². The molecule has 7 N–H and O–H groups in total. The first-order chi connectivity index (χ1) is 15.4. The van der Waals surface area contributed by atoms with Gasteiger partial charge < -0.3 is 11.5 Å². The number of hydrogen-bond acceptors (Lipinski definition) is 4. The van der Waals surface area contributed by atoms with Gasteiger partial charge in [0.1, 0.15) is 17.1 Å². The number of nitrogens with zero attached hydrogens (tertiary/aromatic N) is 1. The maximum Gasteiger partial charge on any atom is 0.430 e. The van der Waals surface area contributed by atoms with E-state index in [0.717, 1.165) is 5.19 Å². The maximum absolute atomic E-state index is 12.8. The van der Waals surface area contributed by atoms with Gasteiger partial charge in [-0.15, -0.1) is 0 Å². The normalized spacial score (nSPS) is 13.7. The zero-order valence-corrected chi connectivity index (χ0v) is 19.6. The predicted molar refractivity (Wildman–Crippen MR) is 122 cm³/mol. The summed E-state index contributed by atoms with van der Waals surface area (Å²) in [7, 11) is -1.74. The molecule has 0 unspecified atom stereocenters. The lowest BCUT2D eigenvalue weighted by molar-refractivity contribution is -0.113. The topological polar surface area (TPSA) is 114 Å². The molecule has 34 heavy (non-hydrogen) atoms. The molecule has 2 aromatic rings. The van der Waals surface area contributed by atoms with Gasteiger partial charge in [-0.2, -0.15) is 26.3 Å². The Morgan fingerprint density at radius 1 is 0.882 bits per heavy atom. The quantitative estimate of drug-likeness (QED) is 0.278. The Labute approximate surface area is 193 Å². The largest absolute Gasteiger partial charge is 0.430 e. The van der Waals surface area contributed by atoms with Gasteiger partial charge in [0.25, 0.3) is 0 Å². The van der Waals surface area contributed by atoms with Gasteiger partial charge in [0, 0.05) is 6.08 Å². The van der Waals surface area contributed by atoms with Crippen LogP contribution in [0.3, 0.4) is 0 Å². The zero-order valence-electron chi connectivity index (χ0n) is 18.6. The van der Waals surface area contributed by atoms with Crippen molar-refractivity contribution in [3.05, 3.63) is 71.3 Å². The molecule has 1 aromatic carbocycles. The van der Waals surface area contributed by atoms with Crippen molar-refractivity contribution in [2.75, 3.05) is 0 Å². The first-order valence-electron chi connectivity index (χ1n) is 9.83. The van der Waals surface area contributed by atoms with E-state index < -0.39 is 43.2 Å². The van der Waals surface area contributed by atoms with Crippen molar-refractivity contribution in [1.29, 1.82) is 5.41 Å². The van der Waals surface area contributed by atoms with Crippen LogP contribution in [-0.2, 0) is 0 Å². The predicted octanol–water partition coefficient (Wildman–Crippen LogP) is 3.02.